The van der Waals surface area contributed by atoms with Crippen molar-refractivity contribution in [3.63, 3.8) is 0 Å². The van der Waals surface area contributed by atoms with E-state index in [0.717, 1.165) is 16.2 Å². The number of aliphatic imine (C=N–C) groups is 1. The molecule has 1 unspecified atom stereocenters. The van der Waals surface area contributed by atoms with Crippen LogP contribution in [0.4, 0.5) is 0 Å². The molecule has 1 atom stereocenters. The minimum absolute atomic E-state index is 0. The van der Waals surface area contributed by atoms with Crippen LogP contribution in [0.25, 0.3) is 0 Å². The molecule has 0 saturated heterocycles. The van der Waals surface area contributed by atoms with Gasteiger partial charge < -0.3 is 15.4 Å². The van der Waals surface area contributed by atoms with Crippen LogP contribution in [0.1, 0.15) is 19.8 Å². The summed E-state index contributed by atoms with van der Waals surface area (Å²) in [6, 6.07) is 8.47. The number of ether oxygens (including phenoxy) is 1. The first-order chi connectivity index (χ1) is 9.19. The van der Waals surface area contributed by atoms with E-state index in [0.29, 0.717) is 12.6 Å². The zero-order valence-corrected chi connectivity index (χ0v) is 15.6. The van der Waals surface area contributed by atoms with Crippen LogP contribution < -0.4 is 15.4 Å². The van der Waals surface area contributed by atoms with Gasteiger partial charge in [0, 0.05) is 13.1 Å². The van der Waals surface area contributed by atoms with Crippen molar-refractivity contribution in [3.8, 4) is 5.75 Å². The van der Waals surface area contributed by atoms with Gasteiger partial charge in [-0.2, -0.15) is 0 Å². The maximum atomic E-state index is 5.87. The summed E-state index contributed by atoms with van der Waals surface area (Å²) in [5, 5.41) is 6.62. The van der Waals surface area contributed by atoms with Crippen molar-refractivity contribution in [2.75, 3.05) is 13.6 Å². The molecule has 0 spiro atoms. The molecule has 1 aromatic carbocycles. The molecule has 6 heteroatoms. The van der Waals surface area contributed by atoms with E-state index < -0.39 is 0 Å². The maximum Gasteiger partial charge on any atom is 0.191 e. The second-order valence-electron chi connectivity index (χ2n) is 4.73. The zero-order valence-electron chi connectivity index (χ0n) is 11.7. The van der Waals surface area contributed by atoms with Crippen LogP contribution in [0.3, 0.4) is 0 Å². The predicted octanol–water partition coefficient (Wildman–Crippen LogP) is 3.16. The van der Waals surface area contributed by atoms with E-state index in [1.807, 2.05) is 31.2 Å². The van der Waals surface area contributed by atoms with Crippen LogP contribution in [0.2, 0.25) is 0 Å². The number of hydrogen-bond donors (Lipinski definition) is 2. The Bertz CT molecular complexity index is 452. The number of nitrogens with one attached hydrogen (secondary N) is 2. The molecule has 112 valence electrons. The Morgan fingerprint density at radius 2 is 2.15 bits per heavy atom. The van der Waals surface area contributed by atoms with Crippen LogP contribution in [-0.2, 0) is 0 Å². The predicted molar refractivity (Wildman–Crippen MR) is 97.2 cm³/mol. The van der Waals surface area contributed by atoms with Crippen molar-refractivity contribution in [1.82, 2.24) is 10.6 Å². The Kier molecular flexibility index (Phi) is 7.65. The monoisotopic (exact) mass is 453 g/mol. The van der Waals surface area contributed by atoms with Gasteiger partial charge in [0.05, 0.1) is 11.0 Å². The van der Waals surface area contributed by atoms with Crippen LogP contribution in [0, 0.1) is 0 Å². The highest BCUT2D eigenvalue weighted by Gasteiger charge is 2.22. The summed E-state index contributed by atoms with van der Waals surface area (Å²) in [7, 11) is 1.79. The summed E-state index contributed by atoms with van der Waals surface area (Å²) in [5.74, 6) is 1.71. The van der Waals surface area contributed by atoms with Gasteiger partial charge in [-0.1, -0.05) is 12.1 Å². The molecular formula is C14H21BrIN3O. The van der Waals surface area contributed by atoms with Crippen molar-refractivity contribution >= 4 is 45.9 Å². The third-order valence-corrected chi connectivity index (χ3v) is 3.52. The molecule has 1 aliphatic carbocycles. The molecule has 0 heterocycles. The molecule has 1 fully saturated rings. The van der Waals surface area contributed by atoms with Crippen molar-refractivity contribution in [2.24, 2.45) is 4.99 Å². The highest BCUT2D eigenvalue weighted by atomic mass is 127. The van der Waals surface area contributed by atoms with Gasteiger partial charge in [0.25, 0.3) is 0 Å². The van der Waals surface area contributed by atoms with Gasteiger partial charge in [-0.3, -0.25) is 4.99 Å². The second-order valence-corrected chi connectivity index (χ2v) is 5.58. The van der Waals surface area contributed by atoms with Crippen molar-refractivity contribution < 1.29 is 4.74 Å². The van der Waals surface area contributed by atoms with E-state index in [9.17, 15) is 0 Å². The van der Waals surface area contributed by atoms with Gasteiger partial charge >= 0.3 is 0 Å². The molecule has 0 aliphatic heterocycles. The normalized spacial score (nSPS) is 16.1. The number of guanidine groups is 1. The fraction of sp³-hybridized carbons (Fsp3) is 0.500. The largest absolute Gasteiger partial charge is 0.488 e. The Balaban J connectivity index is 0.00000200. The Labute approximate surface area is 145 Å². The van der Waals surface area contributed by atoms with E-state index in [1.165, 1.54) is 12.8 Å². The van der Waals surface area contributed by atoms with Crippen LogP contribution in [0.15, 0.2) is 33.7 Å². The molecule has 0 radical (unpaired) electrons. The van der Waals surface area contributed by atoms with Gasteiger partial charge in [-0.05, 0) is 47.8 Å². The number of para-hydroxylation sites is 1. The molecule has 1 aromatic rings. The lowest BCUT2D eigenvalue weighted by molar-refractivity contribution is 0.222. The standard InChI is InChI=1S/C14H20BrN3O.HI/c1-10(19-13-6-4-3-5-12(13)15)9-17-14(16-2)18-11-7-8-11;/h3-6,10-11H,7-9H2,1-2H3,(H2,16,17,18);1H. The van der Waals surface area contributed by atoms with E-state index in [4.69, 9.17) is 4.74 Å². The Morgan fingerprint density at radius 1 is 1.45 bits per heavy atom. The van der Waals surface area contributed by atoms with Gasteiger partial charge in [0.1, 0.15) is 11.9 Å². The first kappa shape index (κ1) is 17.6. The van der Waals surface area contributed by atoms with E-state index in [1.54, 1.807) is 7.05 Å². The van der Waals surface area contributed by atoms with E-state index in [2.05, 4.69) is 31.6 Å². The number of halogens is 2. The molecule has 0 bridgehead atoms. The van der Waals surface area contributed by atoms with Crippen LogP contribution in [0.5, 0.6) is 5.75 Å². The first-order valence-corrected chi connectivity index (χ1v) is 7.36. The van der Waals surface area contributed by atoms with Gasteiger partial charge in [0.2, 0.25) is 0 Å². The summed E-state index contributed by atoms with van der Waals surface area (Å²) >= 11 is 3.48. The number of rotatable bonds is 5. The average Bonchev–Trinajstić information content (AvgIpc) is 3.21. The lowest BCUT2D eigenvalue weighted by Gasteiger charge is -2.18. The molecule has 1 saturated carbocycles. The minimum Gasteiger partial charge on any atom is -0.488 e. The number of nitrogens with zero attached hydrogens (tertiary/aromatic N) is 1. The SMILES string of the molecule is CN=C(NCC(C)Oc1ccccc1Br)NC1CC1.I. The lowest BCUT2D eigenvalue weighted by Crippen LogP contribution is -2.42. The molecule has 0 aromatic heterocycles. The summed E-state index contributed by atoms with van der Waals surface area (Å²) in [5.41, 5.74) is 0. The van der Waals surface area contributed by atoms with Crippen LogP contribution in [-0.4, -0.2) is 31.7 Å². The summed E-state index contributed by atoms with van der Waals surface area (Å²) in [6.07, 6.45) is 2.55. The zero-order chi connectivity index (χ0) is 13.7. The third kappa shape index (κ3) is 5.87. The lowest BCUT2D eigenvalue weighted by atomic mass is 10.3. The fourth-order valence-corrected chi connectivity index (χ4v) is 2.03. The molecule has 4 nitrogen and oxygen atoms in total. The first-order valence-electron chi connectivity index (χ1n) is 6.57. The van der Waals surface area contributed by atoms with Crippen molar-refractivity contribution in [1.29, 1.82) is 0 Å². The summed E-state index contributed by atoms with van der Waals surface area (Å²) in [4.78, 5) is 4.19. The third-order valence-electron chi connectivity index (χ3n) is 2.86. The van der Waals surface area contributed by atoms with Crippen LogP contribution >= 0.6 is 39.9 Å². The van der Waals surface area contributed by atoms with E-state index in [-0.39, 0.29) is 30.1 Å². The summed E-state index contributed by atoms with van der Waals surface area (Å²) < 4.78 is 6.84. The van der Waals surface area contributed by atoms with Crippen molar-refractivity contribution in [3.05, 3.63) is 28.7 Å². The Morgan fingerprint density at radius 3 is 2.75 bits per heavy atom. The van der Waals surface area contributed by atoms with Gasteiger partial charge in [-0.25, -0.2) is 0 Å². The maximum absolute atomic E-state index is 5.87. The highest BCUT2D eigenvalue weighted by Crippen LogP contribution is 2.24. The smallest absolute Gasteiger partial charge is 0.191 e. The van der Waals surface area contributed by atoms with E-state index >= 15 is 0 Å². The fourth-order valence-electron chi connectivity index (χ4n) is 1.65. The number of benzene rings is 1. The molecule has 0 amide bonds. The number of hydrogen-bond acceptors (Lipinski definition) is 2. The average molecular weight is 454 g/mol. The molecule has 1 aliphatic rings. The topological polar surface area (TPSA) is 45.7 Å². The summed E-state index contributed by atoms with van der Waals surface area (Å²) in [6.45, 7) is 2.75. The van der Waals surface area contributed by atoms with Crippen molar-refractivity contribution in [2.45, 2.75) is 31.9 Å². The van der Waals surface area contributed by atoms with Gasteiger partial charge in [-0.15, -0.1) is 24.0 Å². The Hall–Kier alpha value is -0.500. The second kappa shape index (κ2) is 8.71. The molecule has 20 heavy (non-hydrogen) atoms. The van der Waals surface area contributed by atoms with Gasteiger partial charge in [0.15, 0.2) is 5.96 Å². The molecular weight excluding hydrogens is 433 g/mol. The minimum atomic E-state index is 0. The molecule has 2 N–H and O–H groups in total. The highest BCUT2D eigenvalue weighted by molar-refractivity contribution is 14.0. The quantitative estimate of drug-likeness (QED) is 0.409. The molecule has 2 rings (SSSR count).